The number of likely N-dealkylation sites (tertiary alicyclic amines) is 1. The zero-order valence-electron chi connectivity index (χ0n) is 17.8. The van der Waals surface area contributed by atoms with Crippen LogP contribution in [0.1, 0.15) is 40.5 Å². The van der Waals surface area contributed by atoms with E-state index in [-0.39, 0.29) is 17.6 Å². The molecule has 1 amide bonds. The maximum atomic E-state index is 13.0. The Balaban J connectivity index is 1.52. The summed E-state index contributed by atoms with van der Waals surface area (Å²) in [6.07, 6.45) is 3.51. The molecule has 1 fully saturated rings. The van der Waals surface area contributed by atoms with Crippen molar-refractivity contribution in [2.24, 2.45) is 0 Å². The van der Waals surface area contributed by atoms with Crippen molar-refractivity contribution in [3.63, 3.8) is 0 Å². The van der Waals surface area contributed by atoms with Crippen LogP contribution in [0.15, 0.2) is 54.7 Å². The number of methoxy groups -OCH3 is 1. The number of hydrogen-bond acceptors (Lipinski definition) is 6. The number of rotatable bonds is 5. The van der Waals surface area contributed by atoms with Crippen molar-refractivity contribution in [1.29, 1.82) is 0 Å². The minimum absolute atomic E-state index is 0.0699. The molecule has 1 saturated heterocycles. The zero-order chi connectivity index (χ0) is 21.8. The summed E-state index contributed by atoms with van der Waals surface area (Å²) in [5, 5.41) is 3.44. The van der Waals surface area contributed by atoms with Gasteiger partial charge < -0.3 is 20.7 Å². The van der Waals surface area contributed by atoms with Crippen molar-refractivity contribution >= 4 is 23.1 Å². The van der Waals surface area contributed by atoms with Gasteiger partial charge in [-0.1, -0.05) is 0 Å². The summed E-state index contributed by atoms with van der Waals surface area (Å²) in [4.78, 5) is 23.7. The Morgan fingerprint density at radius 2 is 2.00 bits per heavy atom. The topological polar surface area (TPSA) is 93.4 Å². The van der Waals surface area contributed by atoms with Gasteiger partial charge in [-0.05, 0) is 68.3 Å². The third-order valence-corrected chi connectivity index (χ3v) is 5.55. The summed E-state index contributed by atoms with van der Waals surface area (Å²) in [5.41, 5.74) is 10.3. The first-order valence-corrected chi connectivity index (χ1v) is 10.4. The van der Waals surface area contributed by atoms with Gasteiger partial charge in [0.05, 0.1) is 12.7 Å². The van der Waals surface area contributed by atoms with Gasteiger partial charge >= 0.3 is 0 Å². The van der Waals surface area contributed by atoms with Crippen LogP contribution in [0.5, 0.6) is 5.75 Å². The van der Waals surface area contributed by atoms with Crippen molar-refractivity contribution in [1.82, 2.24) is 14.9 Å². The average molecular weight is 418 g/mol. The van der Waals surface area contributed by atoms with Crippen molar-refractivity contribution in [3.05, 3.63) is 71.7 Å². The van der Waals surface area contributed by atoms with Crippen molar-refractivity contribution in [2.75, 3.05) is 31.2 Å². The summed E-state index contributed by atoms with van der Waals surface area (Å²) < 4.78 is 5.22. The van der Waals surface area contributed by atoms with E-state index < -0.39 is 0 Å². The van der Waals surface area contributed by atoms with Crippen LogP contribution in [0.25, 0.3) is 0 Å². The van der Waals surface area contributed by atoms with Gasteiger partial charge in [-0.25, -0.2) is 4.98 Å². The first-order valence-electron chi connectivity index (χ1n) is 10.4. The van der Waals surface area contributed by atoms with Crippen molar-refractivity contribution in [3.8, 4) is 5.75 Å². The van der Waals surface area contributed by atoms with E-state index in [1.54, 1.807) is 25.4 Å². The molecule has 1 aliphatic heterocycles. The smallest absolute Gasteiger partial charge is 0.257 e. The maximum Gasteiger partial charge on any atom is 0.257 e. The average Bonchev–Trinajstić information content (AvgIpc) is 2.79. The van der Waals surface area contributed by atoms with Crippen LogP contribution in [-0.2, 0) is 0 Å². The standard InChI is InChI=1S/C24H27N5O2/c1-16-13-19(28-18-7-9-20(31-2)10-8-18)14-22(27-16)17-5-4-12-29(15-17)24(30)21-6-3-11-26-23(21)25/h3,6-11,13-14,17H,4-5,12,15H2,1-2H3,(H2,25,26)(H,27,28). The van der Waals surface area contributed by atoms with E-state index in [1.165, 1.54) is 0 Å². The summed E-state index contributed by atoms with van der Waals surface area (Å²) >= 11 is 0. The largest absolute Gasteiger partial charge is 0.497 e. The van der Waals surface area contributed by atoms with Gasteiger partial charge in [-0.15, -0.1) is 0 Å². The minimum Gasteiger partial charge on any atom is -0.497 e. The summed E-state index contributed by atoms with van der Waals surface area (Å²) in [6.45, 7) is 3.32. The minimum atomic E-state index is -0.0699. The lowest BCUT2D eigenvalue weighted by Gasteiger charge is -2.33. The van der Waals surface area contributed by atoms with Gasteiger partial charge in [0.25, 0.3) is 5.91 Å². The highest BCUT2D eigenvalue weighted by Crippen LogP contribution is 2.30. The summed E-state index contributed by atoms with van der Waals surface area (Å²) in [7, 11) is 1.65. The first-order chi connectivity index (χ1) is 15.0. The molecule has 1 aliphatic rings. The summed E-state index contributed by atoms with van der Waals surface area (Å²) in [6, 6.07) is 15.4. The Morgan fingerprint density at radius 1 is 1.19 bits per heavy atom. The predicted molar refractivity (Wildman–Crippen MR) is 122 cm³/mol. The molecule has 0 bridgehead atoms. The number of amides is 1. The Hall–Kier alpha value is -3.61. The van der Waals surface area contributed by atoms with Gasteiger partial charge in [-0.2, -0.15) is 0 Å². The van der Waals surface area contributed by atoms with E-state index in [0.29, 0.717) is 18.7 Å². The third-order valence-electron chi connectivity index (χ3n) is 5.55. The Labute approximate surface area is 182 Å². The number of benzene rings is 1. The highest BCUT2D eigenvalue weighted by molar-refractivity contribution is 5.98. The number of nitrogen functional groups attached to an aromatic ring is 1. The van der Waals surface area contributed by atoms with Crippen LogP contribution in [0.2, 0.25) is 0 Å². The number of aryl methyl sites for hydroxylation is 1. The van der Waals surface area contributed by atoms with E-state index in [0.717, 1.165) is 41.4 Å². The fourth-order valence-corrected chi connectivity index (χ4v) is 3.99. The Bertz CT molecular complexity index is 1070. The highest BCUT2D eigenvalue weighted by atomic mass is 16.5. The normalized spacial score (nSPS) is 16.1. The molecule has 1 atom stereocenters. The number of carbonyl (C=O) groups is 1. The molecular weight excluding hydrogens is 390 g/mol. The Kier molecular flexibility index (Phi) is 6.02. The lowest BCUT2D eigenvalue weighted by Crippen LogP contribution is -2.39. The molecule has 0 saturated carbocycles. The molecule has 3 N–H and O–H groups in total. The van der Waals surface area contributed by atoms with Crippen LogP contribution < -0.4 is 15.8 Å². The number of hydrogen-bond donors (Lipinski definition) is 2. The fraction of sp³-hybridized carbons (Fsp3) is 0.292. The van der Waals surface area contributed by atoms with Gasteiger partial charge in [-0.3, -0.25) is 9.78 Å². The lowest BCUT2D eigenvalue weighted by atomic mass is 9.93. The molecule has 3 aromatic rings. The molecule has 7 heteroatoms. The van der Waals surface area contributed by atoms with E-state index in [4.69, 9.17) is 15.5 Å². The van der Waals surface area contributed by atoms with E-state index >= 15 is 0 Å². The number of ether oxygens (including phenoxy) is 1. The van der Waals surface area contributed by atoms with Gasteiger partial charge in [0.15, 0.2) is 0 Å². The second-order valence-corrected chi connectivity index (χ2v) is 7.80. The zero-order valence-corrected chi connectivity index (χ0v) is 17.8. The SMILES string of the molecule is COc1ccc(Nc2cc(C)nc(C3CCCN(C(=O)c4cccnc4N)C3)c2)cc1. The van der Waals surface area contributed by atoms with E-state index in [9.17, 15) is 4.79 Å². The number of pyridine rings is 2. The second-order valence-electron chi connectivity index (χ2n) is 7.80. The fourth-order valence-electron chi connectivity index (χ4n) is 3.99. The van der Waals surface area contributed by atoms with Crippen molar-refractivity contribution < 1.29 is 9.53 Å². The molecule has 0 spiro atoms. The quantitative estimate of drug-likeness (QED) is 0.648. The van der Waals surface area contributed by atoms with Crippen molar-refractivity contribution in [2.45, 2.75) is 25.7 Å². The number of piperidine rings is 1. The van der Waals surface area contributed by atoms with Gasteiger partial charge in [0, 0.05) is 48.0 Å². The molecule has 2 aromatic heterocycles. The molecule has 31 heavy (non-hydrogen) atoms. The van der Waals surface area contributed by atoms with Crippen LogP contribution in [0.3, 0.4) is 0 Å². The maximum absolute atomic E-state index is 13.0. The number of carbonyl (C=O) groups excluding carboxylic acids is 1. The second kappa shape index (κ2) is 9.04. The number of nitrogens with one attached hydrogen (secondary N) is 1. The predicted octanol–water partition coefficient (Wildman–Crippen LogP) is 4.14. The molecule has 0 radical (unpaired) electrons. The molecule has 1 unspecified atom stereocenters. The van der Waals surface area contributed by atoms with Crippen LogP contribution in [0, 0.1) is 6.92 Å². The van der Waals surface area contributed by atoms with E-state index in [1.807, 2.05) is 42.2 Å². The number of nitrogens with two attached hydrogens (primary N) is 1. The summed E-state index contributed by atoms with van der Waals surface area (Å²) in [5.74, 6) is 1.19. The molecule has 0 aliphatic carbocycles. The van der Waals surface area contributed by atoms with Crippen LogP contribution >= 0.6 is 0 Å². The molecule has 160 valence electrons. The van der Waals surface area contributed by atoms with Crippen LogP contribution in [-0.4, -0.2) is 41.0 Å². The monoisotopic (exact) mass is 417 g/mol. The van der Waals surface area contributed by atoms with E-state index in [2.05, 4.69) is 16.4 Å². The molecule has 3 heterocycles. The third kappa shape index (κ3) is 4.77. The first kappa shape index (κ1) is 20.7. The highest BCUT2D eigenvalue weighted by Gasteiger charge is 2.27. The van der Waals surface area contributed by atoms with Gasteiger partial charge in [0.2, 0.25) is 0 Å². The molecular formula is C24H27N5O2. The molecule has 7 nitrogen and oxygen atoms in total. The molecule has 1 aromatic carbocycles. The van der Waals surface area contributed by atoms with Crippen LogP contribution in [0.4, 0.5) is 17.2 Å². The molecule has 4 rings (SSSR count). The Morgan fingerprint density at radius 3 is 2.74 bits per heavy atom. The number of anilines is 3. The van der Waals surface area contributed by atoms with Gasteiger partial charge in [0.1, 0.15) is 11.6 Å². The lowest BCUT2D eigenvalue weighted by molar-refractivity contribution is 0.0706. The number of nitrogens with zero attached hydrogens (tertiary/aromatic N) is 3. The number of aromatic nitrogens is 2.